The molecule has 0 spiro atoms. The Morgan fingerprint density at radius 1 is 0.833 bits per heavy atom. The van der Waals surface area contributed by atoms with Crippen molar-refractivity contribution in [2.45, 2.75) is 43.4 Å². The summed E-state index contributed by atoms with van der Waals surface area (Å²) in [5.41, 5.74) is 9.15. The summed E-state index contributed by atoms with van der Waals surface area (Å²) in [6.07, 6.45) is 5.15. The zero-order valence-corrected chi connectivity index (χ0v) is 23.5. The number of aliphatic carboxylic acids is 1. The van der Waals surface area contributed by atoms with E-state index in [1.165, 1.54) is 6.33 Å². The van der Waals surface area contributed by atoms with Gasteiger partial charge in [0.15, 0.2) is 0 Å². The quantitative estimate of drug-likeness (QED) is 0.0989. The number of rotatable bonds is 14. The fourth-order valence-corrected chi connectivity index (χ4v) is 4.77. The molecule has 3 amide bonds. The van der Waals surface area contributed by atoms with E-state index in [0.717, 1.165) is 22.0 Å². The van der Waals surface area contributed by atoms with Gasteiger partial charge in [0.1, 0.15) is 18.1 Å². The van der Waals surface area contributed by atoms with Crippen LogP contribution in [-0.2, 0) is 38.4 Å². The maximum Gasteiger partial charge on any atom is 0.327 e. The molecule has 4 aromatic rings. The van der Waals surface area contributed by atoms with Crippen LogP contribution in [0.2, 0.25) is 0 Å². The summed E-state index contributed by atoms with van der Waals surface area (Å²) in [4.78, 5) is 61.7. The average Bonchev–Trinajstić information content (AvgIpc) is 3.65. The number of benzene rings is 2. The number of hydrogen-bond donors (Lipinski definition) is 8. The van der Waals surface area contributed by atoms with E-state index in [1.54, 1.807) is 12.4 Å². The number of carboxylic acids is 1. The summed E-state index contributed by atoms with van der Waals surface area (Å²) in [7, 11) is 0. The molecule has 8 N–H and O–H groups in total. The van der Waals surface area contributed by atoms with Crippen molar-refractivity contribution in [3.8, 4) is 0 Å². The Bertz CT molecular complexity index is 1510. The zero-order valence-electron chi connectivity index (χ0n) is 22.6. The number of carbonyl (C=O) groups is 4. The maximum atomic E-state index is 13.7. The lowest BCUT2D eigenvalue weighted by molar-refractivity contribution is -0.141. The number of aromatic nitrogens is 3. The fourth-order valence-electron chi connectivity index (χ4n) is 4.52. The summed E-state index contributed by atoms with van der Waals surface area (Å²) in [6.45, 7) is 0. The van der Waals surface area contributed by atoms with Crippen LogP contribution in [0.1, 0.15) is 16.8 Å². The van der Waals surface area contributed by atoms with Crippen LogP contribution in [-0.4, -0.2) is 73.7 Å². The Morgan fingerprint density at radius 3 is 2.14 bits per heavy atom. The summed E-state index contributed by atoms with van der Waals surface area (Å²) < 4.78 is 0. The molecule has 0 fully saturated rings. The summed E-state index contributed by atoms with van der Waals surface area (Å²) >= 11 is 4.03. The van der Waals surface area contributed by atoms with E-state index in [9.17, 15) is 24.3 Å². The van der Waals surface area contributed by atoms with E-state index in [2.05, 4.69) is 43.5 Å². The molecule has 0 radical (unpaired) electrons. The molecule has 0 aliphatic carbocycles. The Labute approximate surface area is 247 Å². The number of amides is 3. The first-order valence-electron chi connectivity index (χ1n) is 13.3. The van der Waals surface area contributed by atoms with E-state index in [-0.39, 0.29) is 25.0 Å². The number of hydrogen-bond acceptors (Lipinski definition) is 7. The number of imidazole rings is 1. The minimum atomic E-state index is -1.26. The standard InChI is InChI=1S/C29H33N7O5S/c30-21(12-19-14-31-16-33-19)26(37)34-23(10-17-6-2-1-3-7-17)27(38)35-24(28(39)36-25(15-42)29(40)41)11-18-13-32-22-9-5-4-8-20(18)22/h1-9,13-14,16,21,23-25,32,42H,10-12,15,30H2,(H,31,33)(H,34,37)(H,35,38)(H,36,39)(H,40,41). The van der Waals surface area contributed by atoms with Crippen LogP contribution < -0.4 is 21.7 Å². The Morgan fingerprint density at radius 2 is 1.48 bits per heavy atom. The molecule has 13 heteroatoms. The van der Waals surface area contributed by atoms with Crippen molar-refractivity contribution in [1.82, 2.24) is 30.9 Å². The molecule has 4 unspecified atom stereocenters. The van der Waals surface area contributed by atoms with Crippen LogP contribution in [0.25, 0.3) is 10.9 Å². The molecule has 42 heavy (non-hydrogen) atoms. The van der Waals surface area contributed by atoms with Crippen molar-refractivity contribution in [2.24, 2.45) is 5.73 Å². The summed E-state index contributed by atoms with van der Waals surface area (Å²) in [5.74, 6) is -3.28. The lowest BCUT2D eigenvalue weighted by atomic mass is 10.0. The van der Waals surface area contributed by atoms with Crippen molar-refractivity contribution in [1.29, 1.82) is 0 Å². The summed E-state index contributed by atoms with van der Waals surface area (Å²) in [6, 6.07) is 12.1. The average molecular weight is 592 g/mol. The predicted octanol–water partition coefficient (Wildman–Crippen LogP) is 0.715. The molecule has 4 rings (SSSR count). The lowest BCUT2D eigenvalue weighted by Gasteiger charge is -2.25. The third-order valence-corrected chi connectivity index (χ3v) is 7.14. The van der Waals surface area contributed by atoms with Crippen LogP contribution in [0.15, 0.2) is 73.3 Å². The minimum absolute atomic E-state index is 0.0613. The predicted molar refractivity (Wildman–Crippen MR) is 160 cm³/mol. The first-order valence-corrected chi connectivity index (χ1v) is 13.9. The normalized spacial score (nSPS) is 14.0. The van der Waals surface area contributed by atoms with Crippen LogP contribution in [0.5, 0.6) is 0 Å². The smallest absolute Gasteiger partial charge is 0.327 e. The number of carboxylic acid groups (broad SMARTS) is 1. The van der Waals surface area contributed by atoms with Gasteiger partial charge in [0.2, 0.25) is 17.7 Å². The first kappa shape index (κ1) is 30.3. The van der Waals surface area contributed by atoms with Gasteiger partial charge in [-0.25, -0.2) is 9.78 Å². The summed E-state index contributed by atoms with van der Waals surface area (Å²) in [5, 5.41) is 18.2. The Hall–Kier alpha value is -4.62. The third kappa shape index (κ3) is 7.98. The van der Waals surface area contributed by atoms with Crippen molar-refractivity contribution in [2.75, 3.05) is 5.75 Å². The highest BCUT2D eigenvalue weighted by molar-refractivity contribution is 7.80. The SMILES string of the molecule is NC(Cc1cnc[nH]1)C(=O)NC(Cc1ccccc1)C(=O)NC(Cc1c[nH]c2ccccc12)C(=O)NC(CS)C(=O)O. The molecule has 220 valence electrons. The van der Waals surface area contributed by atoms with Crippen LogP contribution in [0.3, 0.4) is 0 Å². The Balaban J connectivity index is 1.57. The molecule has 0 aliphatic rings. The molecule has 2 aromatic carbocycles. The topological polar surface area (TPSA) is 195 Å². The molecule has 0 saturated heterocycles. The van der Waals surface area contributed by atoms with Gasteiger partial charge in [-0.1, -0.05) is 48.5 Å². The second-order valence-electron chi connectivity index (χ2n) is 9.85. The number of nitrogens with two attached hydrogens (primary N) is 1. The second kappa shape index (κ2) is 14.3. The highest BCUT2D eigenvalue weighted by Crippen LogP contribution is 2.19. The number of H-pyrrole nitrogens is 2. The van der Waals surface area contributed by atoms with E-state index in [1.807, 2.05) is 54.6 Å². The molecule has 2 aromatic heterocycles. The van der Waals surface area contributed by atoms with Gasteiger partial charge in [-0.15, -0.1) is 0 Å². The molecular formula is C29H33N7O5S. The molecule has 2 heterocycles. The first-order chi connectivity index (χ1) is 20.2. The van der Waals surface area contributed by atoms with Crippen molar-refractivity contribution >= 4 is 47.2 Å². The highest BCUT2D eigenvalue weighted by atomic mass is 32.1. The van der Waals surface area contributed by atoms with E-state index in [4.69, 9.17) is 5.73 Å². The highest BCUT2D eigenvalue weighted by Gasteiger charge is 2.31. The fraction of sp³-hybridized carbons (Fsp3) is 0.276. The largest absolute Gasteiger partial charge is 0.480 e. The van der Waals surface area contributed by atoms with Gasteiger partial charge in [-0.3, -0.25) is 14.4 Å². The van der Waals surface area contributed by atoms with Gasteiger partial charge < -0.3 is 36.8 Å². The molecule has 0 aliphatic heterocycles. The van der Waals surface area contributed by atoms with Crippen molar-refractivity contribution < 1.29 is 24.3 Å². The Kier molecular flexibility index (Phi) is 10.3. The number of para-hydroxylation sites is 1. The van der Waals surface area contributed by atoms with E-state index in [0.29, 0.717) is 5.69 Å². The lowest BCUT2D eigenvalue weighted by Crippen LogP contribution is -2.58. The molecule has 12 nitrogen and oxygen atoms in total. The van der Waals surface area contributed by atoms with Gasteiger partial charge in [-0.2, -0.15) is 12.6 Å². The maximum absolute atomic E-state index is 13.7. The molecule has 0 bridgehead atoms. The van der Waals surface area contributed by atoms with Gasteiger partial charge in [0.05, 0.1) is 12.4 Å². The third-order valence-electron chi connectivity index (χ3n) is 6.78. The number of nitrogens with one attached hydrogen (secondary N) is 5. The number of aromatic amines is 2. The van der Waals surface area contributed by atoms with Crippen LogP contribution in [0, 0.1) is 0 Å². The van der Waals surface area contributed by atoms with E-state index >= 15 is 0 Å². The zero-order chi connectivity index (χ0) is 30.1. The number of fused-ring (bicyclic) bond motifs is 1. The van der Waals surface area contributed by atoms with E-state index < -0.39 is 47.9 Å². The van der Waals surface area contributed by atoms with Crippen LogP contribution >= 0.6 is 12.6 Å². The van der Waals surface area contributed by atoms with Gasteiger partial charge in [-0.05, 0) is 17.2 Å². The number of nitrogens with zero attached hydrogens (tertiary/aromatic N) is 1. The molecule has 0 saturated carbocycles. The van der Waals surface area contributed by atoms with Gasteiger partial charge in [0.25, 0.3) is 0 Å². The monoisotopic (exact) mass is 591 g/mol. The van der Waals surface area contributed by atoms with Crippen molar-refractivity contribution in [3.63, 3.8) is 0 Å². The molecular weight excluding hydrogens is 558 g/mol. The number of thiol groups is 1. The number of carbonyl (C=O) groups excluding carboxylic acids is 3. The minimum Gasteiger partial charge on any atom is -0.480 e. The van der Waals surface area contributed by atoms with Crippen molar-refractivity contribution in [3.05, 3.63) is 90.1 Å². The van der Waals surface area contributed by atoms with Gasteiger partial charge in [0, 0.05) is 54.0 Å². The second-order valence-corrected chi connectivity index (χ2v) is 10.2. The van der Waals surface area contributed by atoms with Gasteiger partial charge >= 0.3 is 5.97 Å². The molecule has 4 atom stereocenters. The van der Waals surface area contributed by atoms with Crippen LogP contribution in [0.4, 0.5) is 0 Å².